The fourth-order valence-electron chi connectivity index (χ4n) is 5.61. The van der Waals surface area contributed by atoms with Crippen molar-refractivity contribution in [3.8, 4) is 0 Å². The zero-order chi connectivity index (χ0) is 24.7. The second-order valence-corrected chi connectivity index (χ2v) is 10.9. The Morgan fingerprint density at radius 1 is 1.30 bits per heavy atom. The van der Waals surface area contributed by atoms with E-state index in [0.29, 0.717) is 19.5 Å². The van der Waals surface area contributed by atoms with Crippen molar-refractivity contribution in [2.45, 2.75) is 71.6 Å². The minimum atomic E-state index is -0.995. The van der Waals surface area contributed by atoms with Gasteiger partial charge >= 0.3 is 6.09 Å². The minimum absolute atomic E-state index is 0.0297. The molecular weight excluding hydrogens is 424 g/mol. The first-order chi connectivity index (χ1) is 15.3. The number of fused-ring (bicyclic) bond motifs is 1. The summed E-state index contributed by atoms with van der Waals surface area (Å²) in [4.78, 5) is 52.4. The molecule has 4 N–H and O–H groups in total. The molecule has 2 heterocycles. The Morgan fingerprint density at radius 3 is 2.52 bits per heavy atom. The number of amides is 4. The quantitative estimate of drug-likeness (QED) is 0.534. The molecule has 0 spiro atoms. The number of rotatable bonds is 5. The summed E-state index contributed by atoms with van der Waals surface area (Å²) in [5, 5.41) is 5.50. The van der Waals surface area contributed by atoms with E-state index in [0.717, 1.165) is 12.0 Å². The molecule has 0 aromatic heterocycles. The summed E-state index contributed by atoms with van der Waals surface area (Å²) >= 11 is 0. The normalized spacial score (nSPS) is 32.7. The molecule has 4 amide bonds. The number of hydrogen-bond donors (Lipinski definition) is 3. The minimum Gasteiger partial charge on any atom is -0.444 e. The van der Waals surface area contributed by atoms with Gasteiger partial charge in [-0.25, -0.2) is 4.79 Å². The van der Waals surface area contributed by atoms with Gasteiger partial charge in [0.1, 0.15) is 17.7 Å². The van der Waals surface area contributed by atoms with Gasteiger partial charge in [-0.2, -0.15) is 0 Å². The van der Waals surface area contributed by atoms with Crippen LogP contribution in [-0.2, 0) is 19.1 Å². The topological polar surface area (TPSA) is 131 Å². The van der Waals surface area contributed by atoms with E-state index in [2.05, 4.69) is 24.1 Å². The Bertz CT molecular complexity index is 835. The van der Waals surface area contributed by atoms with Crippen LogP contribution in [0.1, 0.15) is 53.9 Å². The SMILES string of the molecule is C=C1C[C@H](C)[C@H]2CN(C(=O)OC(C)(C)C)[C@H](C(=O)N[C@@H](C[C@@H]3CCNC3=O)C(N)=O)[C@H]2[C@@H]1C. The Balaban J connectivity index is 1.87. The maximum Gasteiger partial charge on any atom is 0.410 e. The zero-order valence-electron chi connectivity index (χ0n) is 20.3. The summed E-state index contributed by atoms with van der Waals surface area (Å²) in [7, 11) is 0. The van der Waals surface area contributed by atoms with Gasteiger partial charge in [-0.1, -0.05) is 26.0 Å². The van der Waals surface area contributed by atoms with Gasteiger partial charge in [-0.05, 0) is 63.7 Å². The van der Waals surface area contributed by atoms with Crippen LogP contribution in [0.3, 0.4) is 0 Å². The third kappa shape index (κ3) is 5.33. The number of ether oxygens (including phenoxy) is 1. The number of carbonyl (C=O) groups excluding carboxylic acids is 4. The highest BCUT2D eigenvalue weighted by Crippen LogP contribution is 2.48. The van der Waals surface area contributed by atoms with Gasteiger partial charge in [-0.3, -0.25) is 19.3 Å². The van der Waals surface area contributed by atoms with Crippen LogP contribution < -0.4 is 16.4 Å². The number of primary amides is 1. The molecule has 0 radical (unpaired) electrons. The van der Waals surface area contributed by atoms with Crippen LogP contribution in [-0.4, -0.2) is 59.5 Å². The van der Waals surface area contributed by atoms with E-state index in [9.17, 15) is 19.2 Å². The van der Waals surface area contributed by atoms with Gasteiger partial charge in [-0.15, -0.1) is 0 Å². The van der Waals surface area contributed by atoms with Gasteiger partial charge in [0.25, 0.3) is 0 Å². The van der Waals surface area contributed by atoms with Gasteiger partial charge in [0, 0.05) is 19.0 Å². The molecule has 2 aliphatic heterocycles. The van der Waals surface area contributed by atoms with Crippen molar-refractivity contribution >= 4 is 23.8 Å². The number of nitrogens with zero attached hydrogens (tertiary/aromatic N) is 1. The average Bonchev–Trinajstić information content (AvgIpc) is 3.28. The fraction of sp³-hybridized carbons (Fsp3) is 0.750. The van der Waals surface area contributed by atoms with Crippen LogP contribution >= 0.6 is 0 Å². The molecule has 0 bridgehead atoms. The molecule has 3 aliphatic rings. The monoisotopic (exact) mass is 462 g/mol. The number of carbonyl (C=O) groups is 4. The van der Waals surface area contributed by atoms with Crippen molar-refractivity contribution in [1.29, 1.82) is 0 Å². The molecule has 1 aliphatic carbocycles. The second-order valence-electron chi connectivity index (χ2n) is 10.9. The molecule has 3 fully saturated rings. The van der Waals surface area contributed by atoms with E-state index in [1.165, 1.54) is 4.90 Å². The molecule has 3 rings (SSSR count). The molecular formula is C24H38N4O5. The fourth-order valence-corrected chi connectivity index (χ4v) is 5.61. The lowest BCUT2D eigenvalue weighted by Gasteiger charge is -2.39. The van der Waals surface area contributed by atoms with E-state index >= 15 is 0 Å². The van der Waals surface area contributed by atoms with Gasteiger partial charge in [0.05, 0.1) is 0 Å². The molecule has 2 saturated heterocycles. The van der Waals surface area contributed by atoms with Crippen LogP contribution in [0.25, 0.3) is 0 Å². The summed E-state index contributed by atoms with van der Waals surface area (Å²) in [6.45, 7) is 14.7. The standard InChI is InChI=1S/C24H38N4O5/c1-12-9-13(2)16-11-28(23(32)33-24(4,5)6)19(18(16)14(12)3)22(31)27-17(20(25)29)10-15-7-8-26-21(15)30/h13-19H,1,7-11H2,2-6H3,(H2,25,29)(H,26,30)(H,27,31)/t13-,14+,15-,16+,17-,18-,19-/m0/s1. The van der Waals surface area contributed by atoms with Gasteiger partial charge < -0.3 is 21.1 Å². The van der Waals surface area contributed by atoms with Crippen molar-refractivity contribution in [3.63, 3.8) is 0 Å². The zero-order valence-corrected chi connectivity index (χ0v) is 20.3. The lowest BCUT2D eigenvalue weighted by Crippen LogP contribution is -2.56. The molecule has 0 aromatic rings. The summed E-state index contributed by atoms with van der Waals surface area (Å²) in [5.74, 6) is -1.40. The first-order valence-corrected chi connectivity index (χ1v) is 11.8. The van der Waals surface area contributed by atoms with Crippen LogP contribution in [0.15, 0.2) is 12.2 Å². The predicted octanol–water partition coefficient (Wildman–Crippen LogP) is 1.57. The van der Waals surface area contributed by atoms with Gasteiger partial charge in [0.2, 0.25) is 17.7 Å². The lowest BCUT2D eigenvalue weighted by molar-refractivity contribution is -0.132. The maximum atomic E-state index is 13.6. The number of nitrogens with one attached hydrogen (secondary N) is 2. The molecule has 0 unspecified atom stereocenters. The summed E-state index contributed by atoms with van der Waals surface area (Å²) < 4.78 is 5.62. The number of nitrogens with two attached hydrogens (primary N) is 1. The summed E-state index contributed by atoms with van der Waals surface area (Å²) in [6, 6.07) is -1.80. The summed E-state index contributed by atoms with van der Waals surface area (Å²) in [5.41, 5.74) is 5.93. The highest BCUT2D eigenvalue weighted by atomic mass is 16.6. The Kier molecular flexibility index (Phi) is 7.10. The maximum absolute atomic E-state index is 13.6. The highest BCUT2D eigenvalue weighted by Gasteiger charge is 2.54. The van der Waals surface area contributed by atoms with Crippen LogP contribution in [0, 0.1) is 29.6 Å². The molecule has 0 aromatic carbocycles. The number of hydrogen-bond acceptors (Lipinski definition) is 5. The number of likely N-dealkylation sites (tertiary alicyclic amines) is 1. The van der Waals surface area contributed by atoms with E-state index in [1.54, 1.807) is 20.8 Å². The smallest absolute Gasteiger partial charge is 0.410 e. The van der Waals surface area contributed by atoms with Crippen molar-refractivity contribution < 1.29 is 23.9 Å². The molecule has 9 heteroatoms. The first-order valence-electron chi connectivity index (χ1n) is 11.8. The molecule has 7 atom stereocenters. The van der Waals surface area contributed by atoms with Crippen LogP contribution in [0.5, 0.6) is 0 Å². The largest absolute Gasteiger partial charge is 0.444 e. The van der Waals surface area contributed by atoms with E-state index < -0.39 is 35.6 Å². The van der Waals surface area contributed by atoms with Crippen molar-refractivity contribution in [2.75, 3.05) is 13.1 Å². The van der Waals surface area contributed by atoms with Crippen molar-refractivity contribution in [3.05, 3.63) is 12.2 Å². The predicted molar refractivity (Wildman–Crippen MR) is 123 cm³/mol. The molecule has 184 valence electrons. The molecule has 9 nitrogen and oxygen atoms in total. The molecule has 1 saturated carbocycles. The van der Waals surface area contributed by atoms with Crippen molar-refractivity contribution in [1.82, 2.24) is 15.5 Å². The Morgan fingerprint density at radius 2 is 1.97 bits per heavy atom. The summed E-state index contributed by atoms with van der Waals surface area (Å²) in [6.07, 6.45) is 1.02. The van der Waals surface area contributed by atoms with E-state index in [1.807, 2.05) is 6.92 Å². The lowest BCUT2D eigenvalue weighted by atomic mass is 9.65. The Labute approximate surface area is 195 Å². The number of allylic oxidation sites excluding steroid dienone is 1. The van der Waals surface area contributed by atoms with Crippen molar-refractivity contribution in [2.24, 2.45) is 35.3 Å². The average molecular weight is 463 g/mol. The molecule has 33 heavy (non-hydrogen) atoms. The van der Waals surface area contributed by atoms with Crippen LogP contribution in [0.2, 0.25) is 0 Å². The highest BCUT2D eigenvalue weighted by molar-refractivity contribution is 5.92. The Hall–Kier alpha value is -2.58. The first kappa shape index (κ1) is 25.1. The third-order valence-corrected chi connectivity index (χ3v) is 7.38. The van der Waals surface area contributed by atoms with Crippen LogP contribution in [0.4, 0.5) is 4.79 Å². The van der Waals surface area contributed by atoms with E-state index in [4.69, 9.17) is 10.5 Å². The second kappa shape index (κ2) is 9.35. The third-order valence-electron chi connectivity index (χ3n) is 7.38. The van der Waals surface area contributed by atoms with Gasteiger partial charge in [0.15, 0.2) is 0 Å². The van der Waals surface area contributed by atoms with E-state index in [-0.39, 0.29) is 41.9 Å².